The van der Waals surface area contributed by atoms with Crippen LogP contribution in [0.15, 0.2) is 22.5 Å². The van der Waals surface area contributed by atoms with E-state index in [4.69, 9.17) is 11.6 Å². The first-order valence-electron chi connectivity index (χ1n) is 5.57. The highest BCUT2D eigenvalue weighted by Crippen LogP contribution is 2.27. The average Bonchev–Trinajstić information content (AvgIpc) is 2.84. The molecule has 2 rings (SSSR count). The molecule has 1 N–H and O–H groups in total. The van der Waals surface area contributed by atoms with Crippen molar-refractivity contribution in [1.82, 2.24) is 14.5 Å². The molecule has 104 valence electrons. The van der Waals surface area contributed by atoms with Gasteiger partial charge in [-0.05, 0) is 26.0 Å². The zero-order chi connectivity index (χ0) is 14.2. The Morgan fingerprint density at radius 3 is 2.63 bits per heavy atom. The second kappa shape index (κ2) is 5.24. The third kappa shape index (κ3) is 3.17. The standard InChI is InChI=1S/C11H14ClN3O2S2/c1-7-9(6-15(3)13-7)8(2)14-19(16,17)11-5-4-10(12)18-11/h4-6,8,14H,1-3H3. The lowest BCUT2D eigenvalue weighted by Crippen LogP contribution is -2.26. The molecule has 0 bridgehead atoms. The molecule has 1 atom stereocenters. The van der Waals surface area contributed by atoms with Crippen molar-refractivity contribution in [2.45, 2.75) is 24.1 Å². The maximum Gasteiger partial charge on any atom is 0.250 e. The molecule has 0 aliphatic rings. The molecule has 19 heavy (non-hydrogen) atoms. The fraction of sp³-hybridized carbons (Fsp3) is 0.364. The van der Waals surface area contributed by atoms with Gasteiger partial charge < -0.3 is 0 Å². The predicted molar refractivity (Wildman–Crippen MR) is 76.0 cm³/mol. The van der Waals surface area contributed by atoms with Crippen LogP contribution in [0.3, 0.4) is 0 Å². The van der Waals surface area contributed by atoms with E-state index in [0.717, 1.165) is 22.6 Å². The van der Waals surface area contributed by atoms with Crippen molar-refractivity contribution >= 4 is 33.0 Å². The summed E-state index contributed by atoms with van der Waals surface area (Å²) in [5.74, 6) is 0. The second-order valence-electron chi connectivity index (χ2n) is 4.25. The lowest BCUT2D eigenvalue weighted by Gasteiger charge is -2.12. The van der Waals surface area contributed by atoms with Gasteiger partial charge in [0.05, 0.1) is 10.0 Å². The number of hydrogen-bond donors (Lipinski definition) is 1. The van der Waals surface area contributed by atoms with E-state index >= 15 is 0 Å². The molecule has 2 heterocycles. The minimum atomic E-state index is -3.55. The summed E-state index contributed by atoms with van der Waals surface area (Å²) < 4.78 is 29.3. The summed E-state index contributed by atoms with van der Waals surface area (Å²) >= 11 is 6.80. The van der Waals surface area contributed by atoms with E-state index in [0.29, 0.717) is 4.34 Å². The van der Waals surface area contributed by atoms with Gasteiger partial charge in [0.2, 0.25) is 0 Å². The summed E-state index contributed by atoms with van der Waals surface area (Å²) in [7, 11) is -1.74. The van der Waals surface area contributed by atoms with Crippen molar-refractivity contribution in [2.75, 3.05) is 0 Å². The molecular weight excluding hydrogens is 306 g/mol. The van der Waals surface area contributed by atoms with Crippen LogP contribution in [0.1, 0.15) is 24.2 Å². The molecular formula is C11H14ClN3O2S2. The molecule has 0 fully saturated rings. The van der Waals surface area contributed by atoms with E-state index in [1.54, 1.807) is 24.7 Å². The van der Waals surface area contributed by atoms with Gasteiger partial charge in [0.25, 0.3) is 10.0 Å². The highest BCUT2D eigenvalue weighted by molar-refractivity contribution is 7.91. The topological polar surface area (TPSA) is 64.0 Å². The van der Waals surface area contributed by atoms with Crippen LogP contribution in [0, 0.1) is 6.92 Å². The van der Waals surface area contributed by atoms with Crippen molar-refractivity contribution < 1.29 is 8.42 Å². The van der Waals surface area contributed by atoms with Crippen LogP contribution in [0.25, 0.3) is 0 Å². The fourth-order valence-electron chi connectivity index (χ4n) is 1.84. The highest BCUT2D eigenvalue weighted by Gasteiger charge is 2.22. The lowest BCUT2D eigenvalue weighted by atomic mass is 10.1. The number of halogens is 1. The van der Waals surface area contributed by atoms with Crippen molar-refractivity contribution in [3.05, 3.63) is 33.9 Å². The van der Waals surface area contributed by atoms with E-state index in [-0.39, 0.29) is 10.3 Å². The molecule has 0 saturated carbocycles. The third-order valence-corrected chi connectivity index (χ3v) is 5.93. The Bertz CT molecular complexity index is 691. The third-order valence-electron chi connectivity index (χ3n) is 2.66. The zero-order valence-electron chi connectivity index (χ0n) is 10.7. The average molecular weight is 320 g/mol. The number of nitrogens with zero attached hydrogens (tertiary/aromatic N) is 2. The summed E-state index contributed by atoms with van der Waals surface area (Å²) in [4.78, 5) is 0. The molecule has 0 aliphatic heterocycles. The molecule has 5 nitrogen and oxygen atoms in total. The first-order chi connectivity index (χ1) is 8.79. The Kier molecular flexibility index (Phi) is 4.00. The number of nitrogens with one attached hydrogen (secondary N) is 1. The molecule has 8 heteroatoms. The molecule has 2 aromatic rings. The summed E-state index contributed by atoms with van der Waals surface area (Å²) in [6.45, 7) is 3.64. The number of aryl methyl sites for hydroxylation is 2. The first-order valence-corrected chi connectivity index (χ1v) is 8.25. The molecule has 0 aliphatic carbocycles. The van der Waals surface area contributed by atoms with Gasteiger partial charge in [-0.15, -0.1) is 11.3 Å². The lowest BCUT2D eigenvalue weighted by molar-refractivity contribution is 0.568. The molecule has 0 saturated heterocycles. The predicted octanol–water partition coefficient (Wildman–Crippen LogP) is 2.48. The zero-order valence-corrected chi connectivity index (χ0v) is 13.1. The van der Waals surface area contributed by atoms with Crippen LogP contribution in [0.4, 0.5) is 0 Å². The summed E-state index contributed by atoms with van der Waals surface area (Å²) in [6.07, 6.45) is 1.81. The highest BCUT2D eigenvalue weighted by atomic mass is 35.5. The van der Waals surface area contributed by atoms with Crippen LogP contribution in [-0.4, -0.2) is 18.2 Å². The van der Waals surface area contributed by atoms with Gasteiger partial charge in [-0.2, -0.15) is 5.10 Å². The van der Waals surface area contributed by atoms with Gasteiger partial charge in [-0.3, -0.25) is 4.68 Å². The summed E-state index contributed by atoms with van der Waals surface area (Å²) in [5, 5.41) is 4.20. The molecule has 0 radical (unpaired) electrons. The van der Waals surface area contributed by atoms with E-state index in [1.165, 1.54) is 6.07 Å². The Balaban J connectivity index is 2.23. The van der Waals surface area contributed by atoms with Gasteiger partial charge in [0.15, 0.2) is 0 Å². The molecule has 0 amide bonds. The molecule has 2 aromatic heterocycles. The number of rotatable bonds is 4. The van der Waals surface area contributed by atoms with Crippen molar-refractivity contribution in [2.24, 2.45) is 7.05 Å². The van der Waals surface area contributed by atoms with Gasteiger partial charge >= 0.3 is 0 Å². The van der Waals surface area contributed by atoms with E-state index in [1.807, 2.05) is 13.1 Å². The van der Waals surface area contributed by atoms with Crippen LogP contribution >= 0.6 is 22.9 Å². The van der Waals surface area contributed by atoms with Crippen LogP contribution in [-0.2, 0) is 17.1 Å². The molecule has 1 unspecified atom stereocenters. The Hall–Kier alpha value is -0.890. The Morgan fingerprint density at radius 2 is 2.16 bits per heavy atom. The van der Waals surface area contributed by atoms with Crippen molar-refractivity contribution in [3.8, 4) is 0 Å². The summed E-state index contributed by atoms with van der Waals surface area (Å²) in [6, 6.07) is 2.72. The first kappa shape index (κ1) is 14.5. The van der Waals surface area contributed by atoms with Crippen LogP contribution in [0.2, 0.25) is 4.34 Å². The fourth-order valence-corrected chi connectivity index (χ4v) is 4.56. The molecule has 0 spiro atoms. The van der Waals surface area contributed by atoms with Gasteiger partial charge in [0, 0.05) is 24.8 Å². The number of hydrogen-bond acceptors (Lipinski definition) is 4. The van der Waals surface area contributed by atoms with Crippen molar-refractivity contribution in [3.63, 3.8) is 0 Å². The maximum atomic E-state index is 12.2. The van der Waals surface area contributed by atoms with Gasteiger partial charge in [0.1, 0.15) is 4.21 Å². The van der Waals surface area contributed by atoms with Crippen molar-refractivity contribution in [1.29, 1.82) is 0 Å². The minimum Gasteiger partial charge on any atom is -0.275 e. The second-order valence-corrected chi connectivity index (χ2v) is 7.90. The Morgan fingerprint density at radius 1 is 1.47 bits per heavy atom. The van der Waals surface area contributed by atoms with Gasteiger partial charge in [-0.25, -0.2) is 13.1 Å². The monoisotopic (exact) mass is 319 g/mol. The number of thiophene rings is 1. The normalized spacial score (nSPS) is 13.7. The SMILES string of the molecule is Cc1nn(C)cc1C(C)NS(=O)(=O)c1ccc(Cl)s1. The number of sulfonamides is 1. The van der Waals surface area contributed by atoms with Crippen LogP contribution in [0.5, 0.6) is 0 Å². The minimum absolute atomic E-state index is 0.214. The van der Waals surface area contributed by atoms with E-state index < -0.39 is 10.0 Å². The quantitative estimate of drug-likeness (QED) is 0.941. The summed E-state index contributed by atoms with van der Waals surface area (Å²) in [5.41, 5.74) is 1.66. The van der Waals surface area contributed by atoms with E-state index in [9.17, 15) is 8.42 Å². The number of aromatic nitrogens is 2. The smallest absolute Gasteiger partial charge is 0.250 e. The van der Waals surface area contributed by atoms with Crippen LogP contribution < -0.4 is 4.72 Å². The Labute approximate surface area is 121 Å². The maximum absolute atomic E-state index is 12.2. The largest absolute Gasteiger partial charge is 0.275 e. The van der Waals surface area contributed by atoms with E-state index in [2.05, 4.69) is 9.82 Å². The molecule has 0 aromatic carbocycles. The van der Waals surface area contributed by atoms with Gasteiger partial charge in [-0.1, -0.05) is 11.6 Å².